The maximum Gasteiger partial charge on any atom is 0.306 e. The number of thiophene rings is 1. The Hall–Kier alpha value is -0.880. The molecule has 0 fully saturated rings. The third-order valence-corrected chi connectivity index (χ3v) is 3.73. The molecule has 6 heteroatoms. The van der Waals surface area contributed by atoms with Crippen LogP contribution in [0.2, 0.25) is 0 Å². The fraction of sp³-hybridized carbons (Fsp3) is 0.400. The van der Waals surface area contributed by atoms with Crippen LogP contribution in [0.15, 0.2) is 15.9 Å². The number of carbonyl (C=O) groups is 2. The maximum atomic E-state index is 11.7. The second kappa shape index (κ2) is 6.00. The third kappa shape index (κ3) is 3.61. The van der Waals surface area contributed by atoms with E-state index in [2.05, 4.69) is 20.7 Å². The van der Waals surface area contributed by atoms with Crippen molar-refractivity contribution in [3.05, 3.63) is 15.9 Å². The molecule has 1 aromatic rings. The van der Waals surface area contributed by atoms with Crippen LogP contribution in [-0.2, 0) is 14.3 Å². The second-order valence-corrected chi connectivity index (χ2v) is 5.55. The van der Waals surface area contributed by atoms with Crippen LogP contribution in [0.3, 0.4) is 0 Å². The summed E-state index contributed by atoms with van der Waals surface area (Å²) in [6.45, 7) is 0. The molecule has 0 aromatic carbocycles. The Morgan fingerprint density at radius 1 is 1.44 bits per heavy atom. The molecular weight excluding hydrogens is 294 g/mol. The largest absolute Gasteiger partial charge is 0.469 e. The van der Waals surface area contributed by atoms with E-state index in [0.29, 0.717) is 0 Å². The first-order valence-electron chi connectivity index (χ1n) is 4.63. The highest BCUT2D eigenvalue weighted by molar-refractivity contribution is 9.11. The van der Waals surface area contributed by atoms with Crippen molar-refractivity contribution < 1.29 is 14.3 Å². The summed E-state index contributed by atoms with van der Waals surface area (Å²) in [7, 11) is 3.00. The number of anilines is 1. The number of hydrogen-bond acceptors (Lipinski definition) is 4. The molecule has 88 valence electrons. The summed E-state index contributed by atoms with van der Waals surface area (Å²) in [5.41, 5.74) is 0. The van der Waals surface area contributed by atoms with Crippen molar-refractivity contribution in [2.75, 3.05) is 19.1 Å². The number of esters is 1. The van der Waals surface area contributed by atoms with Crippen molar-refractivity contribution in [1.82, 2.24) is 0 Å². The Balaban J connectivity index is 2.51. The van der Waals surface area contributed by atoms with Crippen LogP contribution in [0, 0.1) is 0 Å². The smallest absolute Gasteiger partial charge is 0.306 e. The molecule has 16 heavy (non-hydrogen) atoms. The molecule has 0 saturated carbocycles. The summed E-state index contributed by atoms with van der Waals surface area (Å²) in [6, 6.07) is 3.73. The van der Waals surface area contributed by atoms with E-state index < -0.39 is 0 Å². The minimum absolute atomic E-state index is 0.0975. The van der Waals surface area contributed by atoms with E-state index in [1.54, 1.807) is 11.9 Å². The molecule has 0 atom stereocenters. The molecule has 0 N–H and O–H groups in total. The Bertz CT molecular complexity index is 391. The van der Waals surface area contributed by atoms with E-state index in [-0.39, 0.29) is 24.7 Å². The van der Waals surface area contributed by atoms with E-state index >= 15 is 0 Å². The van der Waals surface area contributed by atoms with Gasteiger partial charge in [0.2, 0.25) is 5.91 Å². The molecule has 0 aliphatic rings. The van der Waals surface area contributed by atoms with Gasteiger partial charge in [-0.25, -0.2) is 0 Å². The molecule has 0 spiro atoms. The number of amides is 1. The predicted molar refractivity (Wildman–Crippen MR) is 66.7 cm³/mol. The summed E-state index contributed by atoms with van der Waals surface area (Å²) in [6.07, 6.45) is 0.283. The number of carbonyl (C=O) groups excluding carboxylic acids is 2. The summed E-state index contributed by atoms with van der Waals surface area (Å²) < 4.78 is 5.44. The monoisotopic (exact) mass is 305 g/mol. The van der Waals surface area contributed by atoms with Crippen LogP contribution in [0.25, 0.3) is 0 Å². The van der Waals surface area contributed by atoms with E-state index in [9.17, 15) is 9.59 Å². The molecule has 0 saturated heterocycles. The van der Waals surface area contributed by atoms with Crippen LogP contribution in [0.5, 0.6) is 0 Å². The summed E-state index contributed by atoms with van der Waals surface area (Å²) in [5.74, 6) is -0.464. The first kappa shape index (κ1) is 13.2. The molecule has 1 rings (SSSR count). The van der Waals surface area contributed by atoms with E-state index in [0.717, 1.165) is 8.79 Å². The Kier molecular flexibility index (Phi) is 4.95. The van der Waals surface area contributed by atoms with Crippen molar-refractivity contribution >= 4 is 44.1 Å². The molecule has 0 unspecified atom stereocenters. The van der Waals surface area contributed by atoms with Gasteiger partial charge in [-0.3, -0.25) is 9.59 Å². The van der Waals surface area contributed by atoms with Gasteiger partial charge in [-0.2, -0.15) is 0 Å². The summed E-state index contributed by atoms with van der Waals surface area (Å²) in [5, 5.41) is 0.849. The number of nitrogens with zero attached hydrogens (tertiary/aromatic N) is 1. The molecule has 4 nitrogen and oxygen atoms in total. The van der Waals surface area contributed by atoms with Crippen molar-refractivity contribution in [3.8, 4) is 0 Å². The zero-order valence-corrected chi connectivity index (χ0v) is 11.4. The van der Waals surface area contributed by atoms with Crippen molar-refractivity contribution in [3.63, 3.8) is 0 Å². The minimum Gasteiger partial charge on any atom is -0.469 e. The predicted octanol–water partition coefficient (Wildman–Crippen LogP) is 2.43. The van der Waals surface area contributed by atoms with Crippen LogP contribution < -0.4 is 4.90 Å². The van der Waals surface area contributed by atoms with Crippen LogP contribution in [0.1, 0.15) is 12.8 Å². The lowest BCUT2D eigenvalue weighted by molar-refractivity contribution is -0.141. The van der Waals surface area contributed by atoms with Crippen LogP contribution >= 0.6 is 27.3 Å². The van der Waals surface area contributed by atoms with Gasteiger partial charge in [0.25, 0.3) is 0 Å². The quantitative estimate of drug-likeness (QED) is 0.803. The first-order chi connectivity index (χ1) is 7.54. The molecule has 0 aliphatic heterocycles. The lowest BCUT2D eigenvalue weighted by atomic mass is 10.3. The molecule has 0 radical (unpaired) electrons. The highest BCUT2D eigenvalue weighted by Crippen LogP contribution is 2.29. The third-order valence-electron chi connectivity index (χ3n) is 2.03. The van der Waals surface area contributed by atoms with Gasteiger partial charge in [-0.1, -0.05) is 0 Å². The molecular formula is C10H12BrNO3S. The maximum absolute atomic E-state index is 11.7. The molecule has 0 aliphatic carbocycles. The number of methoxy groups -OCH3 is 1. The SMILES string of the molecule is COC(=O)CCC(=O)N(C)c1ccc(Br)s1. The van der Waals surface area contributed by atoms with Crippen LogP contribution in [0.4, 0.5) is 5.00 Å². The van der Waals surface area contributed by atoms with Gasteiger partial charge in [-0.15, -0.1) is 11.3 Å². The van der Waals surface area contributed by atoms with Crippen molar-refractivity contribution in [2.24, 2.45) is 0 Å². The fourth-order valence-electron chi connectivity index (χ4n) is 1.09. The van der Waals surface area contributed by atoms with Crippen molar-refractivity contribution in [1.29, 1.82) is 0 Å². The van der Waals surface area contributed by atoms with E-state index in [1.165, 1.54) is 18.4 Å². The van der Waals surface area contributed by atoms with Crippen molar-refractivity contribution in [2.45, 2.75) is 12.8 Å². The molecule has 1 amide bonds. The highest BCUT2D eigenvalue weighted by Gasteiger charge is 2.14. The second-order valence-electron chi connectivity index (χ2n) is 3.11. The summed E-state index contributed by atoms with van der Waals surface area (Å²) in [4.78, 5) is 24.1. The topological polar surface area (TPSA) is 46.6 Å². The average Bonchev–Trinajstić information content (AvgIpc) is 2.71. The Morgan fingerprint density at radius 2 is 2.12 bits per heavy atom. The Labute approximate surface area is 106 Å². The average molecular weight is 306 g/mol. The summed E-state index contributed by atoms with van der Waals surface area (Å²) >= 11 is 4.80. The van der Waals surface area contributed by atoms with Gasteiger partial charge in [0.05, 0.1) is 22.3 Å². The lowest BCUT2D eigenvalue weighted by Gasteiger charge is -2.14. The number of hydrogen-bond donors (Lipinski definition) is 0. The minimum atomic E-state index is -0.367. The molecule has 1 aromatic heterocycles. The van der Waals surface area contributed by atoms with Gasteiger partial charge in [0, 0.05) is 13.5 Å². The van der Waals surface area contributed by atoms with Gasteiger partial charge in [0.1, 0.15) is 0 Å². The van der Waals surface area contributed by atoms with Gasteiger partial charge < -0.3 is 9.64 Å². The Morgan fingerprint density at radius 3 is 2.62 bits per heavy atom. The number of rotatable bonds is 4. The molecule has 0 bridgehead atoms. The zero-order valence-electron chi connectivity index (χ0n) is 9.03. The van der Waals surface area contributed by atoms with Gasteiger partial charge in [0.15, 0.2) is 0 Å². The van der Waals surface area contributed by atoms with Gasteiger partial charge in [-0.05, 0) is 28.1 Å². The number of ether oxygens (including phenoxy) is 1. The normalized spacial score (nSPS) is 9.94. The zero-order chi connectivity index (χ0) is 12.1. The first-order valence-corrected chi connectivity index (χ1v) is 6.24. The molecule has 1 heterocycles. The highest BCUT2D eigenvalue weighted by atomic mass is 79.9. The van der Waals surface area contributed by atoms with E-state index in [1.807, 2.05) is 12.1 Å². The number of halogens is 1. The van der Waals surface area contributed by atoms with Crippen LogP contribution in [-0.4, -0.2) is 26.0 Å². The standard InChI is InChI=1S/C10H12BrNO3S/c1-12(9-5-3-7(11)16-9)8(13)4-6-10(14)15-2/h3,5H,4,6H2,1-2H3. The van der Waals surface area contributed by atoms with Gasteiger partial charge >= 0.3 is 5.97 Å². The fourth-order valence-corrected chi connectivity index (χ4v) is 2.43. The lowest BCUT2D eigenvalue weighted by Crippen LogP contribution is -2.25. The van der Waals surface area contributed by atoms with E-state index in [4.69, 9.17) is 0 Å².